The second kappa shape index (κ2) is 3.02. The molecule has 0 saturated carbocycles. The zero-order valence-electron chi connectivity index (χ0n) is 4.43. The number of sulfone groups is 1. The van der Waals surface area contributed by atoms with E-state index in [0.29, 0.717) is 0 Å². The Morgan fingerprint density at radius 2 is 2.00 bits per heavy atom. The summed E-state index contributed by atoms with van der Waals surface area (Å²) in [6.45, 7) is 2.31. The number of hydrogen-bond donors (Lipinski definition) is 0. The Labute approximate surface area is 48.6 Å². The van der Waals surface area contributed by atoms with Gasteiger partial charge < -0.3 is 0 Å². The van der Waals surface area contributed by atoms with Gasteiger partial charge in [-0.2, -0.15) is 0 Å². The van der Waals surface area contributed by atoms with E-state index >= 15 is 0 Å². The van der Waals surface area contributed by atoms with Crippen LogP contribution in [0.25, 0.3) is 0 Å². The van der Waals surface area contributed by atoms with E-state index in [1.54, 1.807) is 0 Å². The minimum atomic E-state index is -3.16. The molecule has 8 heavy (non-hydrogen) atoms. The van der Waals surface area contributed by atoms with Gasteiger partial charge in [0.05, 0.1) is 11.5 Å². The van der Waals surface area contributed by atoms with Crippen LogP contribution in [0.2, 0.25) is 0 Å². The summed E-state index contributed by atoms with van der Waals surface area (Å²) in [4.78, 5) is 0. The minimum Gasteiger partial charge on any atom is -0.250 e. The fourth-order valence-corrected chi connectivity index (χ4v) is 0.659. The van der Waals surface area contributed by atoms with Crippen LogP contribution in [0, 0.1) is 6.92 Å². The molecule has 0 N–H and O–H groups in total. The quantitative estimate of drug-likeness (QED) is 0.560. The second-order valence-corrected chi connectivity index (χ2v) is 3.64. The maximum absolute atomic E-state index is 11.3. The summed E-state index contributed by atoms with van der Waals surface area (Å²) in [6.07, 6.45) is 0. The second-order valence-electron chi connectivity index (χ2n) is 1.34. The van der Waals surface area contributed by atoms with Gasteiger partial charge in [-0.3, -0.25) is 0 Å². The highest BCUT2D eigenvalue weighted by Gasteiger charge is 2.04. The average molecular weight is 139 g/mol. The van der Waals surface area contributed by atoms with E-state index in [-0.39, 0.29) is 5.75 Å². The van der Waals surface area contributed by atoms with Gasteiger partial charge in [0, 0.05) is 0 Å². The summed E-state index contributed by atoms with van der Waals surface area (Å²) in [5.74, 6) is -0.604. The molecule has 0 aromatic heterocycles. The van der Waals surface area contributed by atoms with Crippen molar-refractivity contribution in [2.75, 3.05) is 18.2 Å². The van der Waals surface area contributed by atoms with E-state index in [9.17, 15) is 12.8 Å². The third-order valence-corrected chi connectivity index (χ3v) is 2.10. The molecule has 0 heterocycles. The summed E-state index contributed by atoms with van der Waals surface area (Å²) < 4.78 is 31.9. The fourth-order valence-electron chi connectivity index (χ4n) is 0.220. The topological polar surface area (TPSA) is 34.1 Å². The Hall–Kier alpha value is -0.120. The first-order chi connectivity index (χ1) is 3.62. The summed E-state index contributed by atoms with van der Waals surface area (Å²) >= 11 is 0. The van der Waals surface area contributed by atoms with Crippen LogP contribution in [0.1, 0.15) is 0 Å². The molecule has 2 nitrogen and oxygen atoms in total. The van der Waals surface area contributed by atoms with Crippen LogP contribution < -0.4 is 0 Å². The molecule has 0 aromatic rings. The van der Waals surface area contributed by atoms with Crippen LogP contribution in [0.3, 0.4) is 0 Å². The van der Waals surface area contributed by atoms with Gasteiger partial charge in [0.2, 0.25) is 0 Å². The molecule has 0 unspecified atom stereocenters. The molecule has 0 aliphatic heterocycles. The zero-order chi connectivity index (χ0) is 6.62. The number of alkyl halides is 1. The SMILES string of the molecule is [CH2]CS(=O)(=O)CCF. The Bertz CT molecular complexity index is 138. The van der Waals surface area contributed by atoms with Crippen molar-refractivity contribution in [3.63, 3.8) is 0 Å². The van der Waals surface area contributed by atoms with Crippen LogP contribution in [0.15, 0.2) is 0 Å². The maximum Gasteiger partial charge on any atom is 0.152 e. The molecule has 0 bridgehead atoms. The van der Waals surface area contributed by atoms with Crippen LogP contribution in [0.4, 0.5) is 4.39 Å². The molecular weight excluding hydrogens is 131 g/mol. The molecule has 0 saturated heterocycles. The van der Waals surface area contributed by atoms with Crippen LogP contribution >= 0.6 is 0 Å². The van der Waals surface area contributed by atoms with E-state index in [2.05, 4.69) is 6.92 Å². The van der Waals surface area contributed by atoms with Crippen molar-refractivity contribution in [3.8, 4) is 0 Å². The highest BCUT2D eigenvalue weighted by atomic mass is 32.2. The van der Waals surface area contributed by atoms with Gasteiger partial charge in [0.1, 0.15) is 6.67 Å². The fraction of sp³-hybridized carbons (Fsp3) is 0.750. The van der Waals surface area contributed by atoms with E-state index in [1.807, 2.05) is 0 Å². The van der Waals surface area contributed by atoms with Gasteiger partial charge in [-0.05, 0) is 6.92 Å². The Morgan fingerprint density at radius 3 is 2.12 bits per heavy atom. The lowest BCUT2D eigenvalue weighted by molar-refractivity contribution is 0.518. The standard InChI is InChI=1S/C4H8FO2S/c1-2-8(6,7)4-3-5/h1-4H2. The predicted octanol–water partition coefficient (Wildman–Crippen LogP) is 0.205. The van der Waals surface area contributed by atoms with Crippen molar-refractivity contribution in [2.45, 2.75) is 0 Å². The molecule has 0 aromatic carbocycles. The molecule has 49 valence electrons. The van der Waals surface area contributed by atoms with Gasteiger partial charge in [0.25, 0.3) is 0 Å². The average Bonchev–Trinajstić information content (AvgIpc) is 1.67. The lowest BCUT2D eigenvalue weighted by atomic mass is 10.9. The Balaban J connectivity index is 3.76. The van der Waals surface area contributed by atoms with E-state index in [4.69, 9.17) is 0 Å². The minimum absolute atomic E-state index is 0.211. The highest BCUT2D eigenvalue weighted by molar-refractivity contribution is 7.91. The monoisotopic (exact) mass is 139 g/mol. The molecule has 0 aliphatic carbocycles. The number of hydrogen-bond acceptors (Lipinski definition) is 2. The predicted molar refractivity (Wildman–Crippen MR) is 30.0 cm³/mol. The number of rotatable bonds is 3. The Morgan fingerprint density at radius 1 is 1.50 bits per heavy atom. The third-order valence-electron chi connectivity index (χ3n) is 0.699. The molecule has 0 atom stereocenters. The van der Waals surface area contributed by atoms with Crippen LogP contribution in [0.5, 0.6) is 0 Å². The van der Waals surface area contributed by atoms with Crippen molar-refractivity contribution in [2.24, 2.45) is 0 Å². The first kappa shape index (κ1) is 7.88. The van der Waals surface area contributed by atoms with Crippen molar-refractivity contribution in [1.29, 1.82) is 0 Å². The lowest BCUT2D eigenvalue weighted by Crippen LogP contribution is -2.09. The molecule has 0 aliphatic rings. The summed E-state index contributed by atoms with van der Waals surface area (Å²) in [6, 6.07) is 0. The summed E-state index contributed by atoms with van der Waals surface area (Å²) in [5.41, 5.74) is 0. The summed E-state index contributed by atoms with van der Waals surface area (Å²) in [5, 5.41) is 0. The van der Waals surface area contributed by atoms with Crippen LogP contribution in [-0.4, -0.2) is 26.6 Å². The Kier molecular flexibility index (Phi) is 2.97. The van der Waals surface area contributed by atoms with Crippen molar-refractivity contribution in [3.05, 3.63) is 6.92 Å². The molecular formula is C4H8FO2S. The molecule has 0 spiro atoms. The van der Waals surface area contributed by atoms with Crippen LogP contribution in [-0.2, 0) is 9.84 Å². The lowest BCUT2D eigenvalue weighted by Gasteiger charge is -1.91. The first-order valence-corrected chi connectivity index (χ1v) is 4.00. The highest BCUT2D eigenvalue weighted by Crippen LogP contribution is 1.87. The van der Waals surface area contributed by atoms with E-state index in [0.717, 1.165) is 0 Å². The summed E-state index contributed by atoms with van der Waals surface area (Å²) in [7, 11) is -3.16. The van der Waals surface area contributed by atoms with E-state index < -0.39 is 22.3 Å². The molecule has 0 rings (SSSR count). The smallest absolute Gasteiger partial charge is 0.152 e. The van der Waals surface area contributed by atoms with E-state index in [1.165, 1.54) is 0 Å². The molecule has 0 amide bonds. The van der Waals surface area contributed by atoms with Crippen molar-refractivity contribution >= 4 is 9.84 Å². The zero-order valence-corrected chi connectivity index (χ0v) is 5.25. The van der Waals surface area contributed by atoms with Crippen molar-refractivity contribution < 1.29 is 12.8 Å². The van der Waals surface area contributed by atoms with Gasteiger partial charge in [0.15, 0.2) is 9.84 Å². The molecule has 1 radical (unpaired) electrons. The first-order valence-electron chi connectivity index (χ1n) is 2.18. The molecule has 4 heteroatoms. The van der Waals surface area contributed by atoms with Gasteiger partial charge in [-0.25, -0.2) is 12.8 Å². The molecule has 0 fully saturated rings. The number of halogens is 1. The third kappa shape index (κ3) is 2.96. The van der Waals surface area contributed by atoms with Gasteiger partial charge in [-0.15, -0.1) is 0 Å². The largest absolute Gasteiger partial charge is 0.250 e. The maximum atomic E-state index is 11.3. The normalized spacial score (nSPS) is 11.8. The van der Waals surface area contributed by atoms with Gasteiger partial charge >= 0.3 is 0 Å². The van der Waals surface area contributed by atoms with Gasteiger partial charge in [-0.1, -0.05) is 0 Å². The van der Waals surface area contributed by atoms with Crippen molar-refractivity contribution in [1.82, 2.24) is 0 Å².